The fourth-order valence-electron chi connectivity index (χ4n) is 5.77. The predicted molar refractivity (Wildman–Crippen MR) is 170 cm³/mol. The standard InChI is InChI=1S/C32H32Cl2N6O4/c1-43-27-13-11-23-31(37-27)29(21-9-7-19(33)17-25(21)39(23)41)35-15-5-3-4-6-16-36-30-22-10-8-20(34)18-26(22)40(42)24-12-14-28(44-2)38-32(24)30/h7-14,17-18,25-26,35-36H,3-6,15-16H2,1-2H3/q+2. The minimum atomic E-state index is -0.516. The summed E-state index contributed by atoms with van der Waals surface area (Å²) >= 11 is 12.5. The summed E-state index contributed by atoms with van der Waals surface area (Å²) in [4.78, 5) is 35.4. The summed E-state index contributed by atoms with van der Waals surface area (Å²) in [6.45, 7) is 1.43. The van der Waals surface area contributed by atoms with Crippen LogP contribution in [0.3, 0.4) is 0 Å². The molecular weight excluding hydrogens is 603 g/mol. The summed E-state index contributed by atoms with van der Waals surface area (Å²) in [5.74, 6) is 0.887. The van der Waals surface area contributed by atoms with E-state index in [2.05, 4.69) is 20.6 Å². The Kier molecular flexibility index (Phi) is 8.63. The van der Waals surface area contributed by atoms with E-state index in [9.17, 15) is 9.81 Å². The molecule has 2 atom stereocenters. The molecule has 226 valence electrons. The van der Waals surface area contributed by atoms with Crippen LogP contribution < -0.4 is 20.1 Å². The molecule has 2 aromatic heterocycles. The van der Waals surface area contributed by atoms with Crippen molar-refractivity contribution in [3.05, 3.63) is 103 Å². The number of halogens is 2. The Bertz CT molecular complexity index is 1600. The van der Waals surface area contributed by atoms with Gasteiger partial charge in [-0.25, -0.2) is 9.97 Å². The average molecular weight is 636 g/mol. The first kappa shape index (κ1) is 29.8. The molecule has 4 heterocycles. The lowest BCUT2D eigenvalue weighted by atomic mass is 9.93. The molecule has 2 unspecified atom stereocenters. The van der Waals surface area contributed by atoms with Crippen molar-refractivity contribution in [3.8, 4) is 11.8 Å². The molecule has 44 heavy (non-hydrogen) atoms. The van der Waals surface area contributed by atoms with Crippen LogP contribution in [0.1, 0.15) is 37.1 Å². The number of nitroso groups, excluding NO2 is 2. The first-order chi connectivity index (χ1) is 21.4. The largest absolute Gasteiger partial charge is 0.481 e. The first-order valence-electron chi connectivity index (χ1n) is 14.5. The number of allylic oxidation sites excluding steroid dienone is 4. The van der Waals surface area contributed by atoms with Gasteiger partial charge in [0.1, 0.15) is 0 Å². The van der Waals surface area contributed by atoms with Crippen molar-refractivity contribution in [1.29, 1.82) is 0 Å². The van der Waals surface area contributed by atoms with E-state index in [1.54, 1.807) is 62.8 Å². The quantitative estimate of drug-likeness (QED) is 0.218. The molecule has 0 saturated carbocycles. The number of hydrogen-bond donors (Lipinski definition) is 2. The summed E-state index contributed by atoms with van der Waals surface area (Å²) in [5, 5.41) is 8.13. The molecule has 0 spiro atoms. The van der Waals surface area contributed by atoms with Crippen LogP contribution >= 0.6 is 23.2 Å². The van der Waals surface area contributed by atoms with Gasteiger partial charge in [0.2, 0.25) is 11.8 Å². The zero-order valence-electron chi connectivity index (χ0n) is 24.3. The van der Waals surface area contributed by atoms with E-state index in [4.69, 9.17) is 32.7 Å². The molecule has 0 amide bonds. The molecular formula is C32H32Cl2N6O4+2. The number of rotatable bonds is 11. The number of hydrogen-bond acceptors (Lipinski definition) is 8. The van der Waals surface area contributed by atoms with E-state index in [-0.39, 0.29) is 0 Å². The molecule has 2 aromatic rings. The van der Waals surface area contributed by atoms with Crippen LogP contribution in [0.4, 0.5) is 11.4 Å². The van der Waals surface area contributed by atoms with Gasteiger partial charge in [-0.3, -0.25) is 0 Å². The molecule has 6 rings (SSSR count). The van der Waals surface area contributed by atoms with E-state index in [1.165, 1.54) is 0 Å². The lowest BCUT2D eigenvalue weighted by Crippen LogP contribution is -2.32. The van der Waals surface area contributed by atoms with E-state index in [1.807, 2.05) is 12.2 Å². The van der Waals surface area contributed by atoms with E-state index in [0.29, 0.717) is 57.7 Å². The molecule has 12 heteroatoms. The lowest BCUT2D eigenvalue weighted by molar-refractivity contribution is -0.484. The highest BCUT2D eigenvalue weighted by atomic mass is 35.5. The number of nitrogens with one attached hydrogen (secondary N) is 2. The molecule has 0 aromatic carbocycles. The van der Waals surface area contributed by atoms with Gasteiger partial charge in [-0.15, -0.1) is 0 Å². The molecule has 0 bridgehead atoms. The molecule has 10 nitrogen and oxygen atoms in total. The highest BCUT2D eigenvalue weighted by Crippen LogP contribution is 2.40. The highest BCUT2D eigenvalue weighted by Gasteiger charge is 2.43. The fourth-order valence-corrected chi connectivity index (χ4v) is 6.14. The van der Waals surface area contributed by atoms with E-state index < -0.39 is 12.1 Å². The van der Waals surface area contributed by atoms with Crippen LogP contribution in [0.5, 0.6) is 11.8 Å². The van der Waals surface area contributed by atoms with Crippen LogP contribution in [-0.4, -0.2) is 58.9 Å². The number of fused-ring (bicyclic) bond motifs is 4. The molecule has 2 aliphatic carbocycles. The Morgan fingerprint density at radius 2 is 1.11 bits per heavy atom. The minimum Gasteiger partial charge on any atom is -0.481 e. The van der Waals surface area contributed by atoms with Gasteiger partial charge in [-0.05, 0) is 37.1 Å². The summed E-state index contributed by atoms with van der Waals surface area (Å²) in [6.07, 6.45) is 14.7. The average Bonchev–Trinajstić information content (AvgIpc) is 3.04. The van der Waals surface area contributed by atoms with Crippen molar-refractivity contribution in [2.24, 2.45) is 0 Å². The zero-order valence-corrected chi connectivity index (χ0v) is 25.9. The summed E-state index contributed by atoms with van der Waals surface area (Å²) in [7, 11) is 3.11. The molecule has 0 saturated heterocycles. The van der Waals surface area contributed by atoms with Gasteiger partial charge >= 0.3 is 0 Å². The third-order valence-corrected chi connectivity index (χ3v) is 8.47. The van der Waals surface area contributed by atoms with Crippen molar-refractivity contribution >= 4 is 46.0 Å². The predicted octanol–water partition coefficient (Wildman–Crippen LogP) is 6.33. The van der Waals surface area contributed by atoms with Gasteiger partial charge in [-0.1, -0.05) is 36.0 Å². The summed E-state index contributed by atoms with van der Waals surface area (Å²) < 4.78 is 12.5. The normalized spacial score (nSPS) is 19.9. The van der Waals surface area contributed by atoms with Gasteiger partial charge in [0.25, 0.3) is 23.5 Å². The Morgan fingerprint density at radius 3 is 1.52 bits per heavy atom. The van der Waals surface area contributed by atoms with Crippen molar-refractivity contribution in [1.82, 2.24) is 20.6 Å². The maximum atomic E-state index is 13.1. The number of unbranched alkanes of at least 4 members (excludes halogenated alkanes) is 3. The van der Waals surface area contributed by atoms with Crippen LogP contribution in [-0.2, 0) is 0 Å². The second-order valence-electron chi connectivity index (χ2n) is 10.7. The second kappa shape index (κ2) is 12.8. The fraction of sp³-hybridized carbons (Fsp3) is 0.312. The first-order valence-corrected chi connectivity index (χ1v) is 15.3. The maximum Gasteiger partial charge on any atom is 0.285 e. The van der Waals surface area contributed by atoms with Gasteiger partial charge in [0, 0.05) is 69.4 Å². The smallest absolute Gasteiger partial charge is 0.285 e. The molecule has 2 N–H and O–H groups in total. The van der Waals surface area contributed by atoms with Crippen LogP contribution in [0.2, 0.25) is 0 Å². The van der Waals surface area contributed by atoms with Crippen molar-refractivity contribution < 1.29 is 19.0 Å². The lowest BCUT2D eigenvalue weighted by Gasteiger charge is -2.23. The van der Waals surface area contributed by atoms with Gasteiger partial charge in [-0.2, -0.15) is 0 Å². The minimum absolute atomic E-state index is 0.443. The third-order valence-electron chi connectivity index (χ3n) is 7.97. The molecule has 0 fully saturated rings. The Balaban J connectivity index is 1.07. The zero-order chi connectivity index (χ0) is 30.8. The summed E-state index contributed by atoms with van der Waals surface area (Å²) in [5.41, 5.74) is 5.39. The van der Waals surface area contributed by atoms with E-state index >= 15 is 0 Å². The van der Waals surface area contributed by atoms with Crippen molar-refractivity contribution in [2.75, 3.05) is 27.3 Å². The summed E-state index contributed by atoms with van der Waals surface area (Å²) in [6, 6.07) is 5.81. The van der Waals surface area contributed by atoms with Crippen LogP contribution in [0, 0.1) is 9.81 Å². The molecule has 2 aliphatic heterocycles. The SMILES string of the molecule is COc1ccc2c(n1)C(NCCCCCCNC1=C3C=CC(Cl)=CC3[N+](=O)c3ccc(OC)nc31)=C1C=CC(Cl)=CC1[N+]2=O. The van der Waals surface area contributed by atoms with Gasteiger partial charge < -0.3 is 20.1 Å². The van der Waals surface area contributed by atoms with Crippen LogP contribution in [0.15, 0.2) is 81.9 Å². The van der Waals surface area contributed by atoms with Gasteiger partial charge in [0.05, 0.1) is 46.3 Å². The molecule has 0 radical (unpaired) electrons. The van der Waals surface area contributed by atoms with E-state index in [0.717, 1.165) is 57.7 Å². The number of aromatic nitrogens is 2. The topological polar surface area (TPSA) is 108 Å². The maximum absolute atomic E-state index is 13.1. The van der Waals surface area contributed by atoms with Gasteiger partial charge in [0.15, 0.2) is 11.4 Å². The second-order valence-corrected chi connectivity index (χ2v) is 11.6. The number of pyridine rings is 2. The van der Waals surface area contributed by atoms with Crippen molar-refractivity contribution in [3.63, 3.8) is 0 Å². The van der Waals surface area contributed by atoms with Crippen LogP contribution in [0.25, 0.3) is 11.4 Å². The Hall–Kier alpha value is -4.28. The number of methoxy groups -OCH3 is 2. The number of ether oxygens (including phenoxy) is 2. The third kappa shape index (κ3) is 5.67. The Morgan fingerprint density at radius 1 is 0.682 bits per heavy atom. The highest BCUT2D eigenvalue weighted by molar-refractivity contribution is 6.31. The Labute approximate surface area is 265 Å². The number of nitrogens with zero attached hydrogens (tertiary/aromatic N) is 4. The molecule has 4 aliphatic rings. The van der Waals surface area contributed by atoms with Crippen molar-refractivity contribution in [2.45, 2.75) is 37.8 Å². The monoisotopic (exact) mass is 634 g/mol.